The molecular formula is C32H40N4O6. The Morgan fingerprint density at radius 3 is 2.62 bits per heavy atom. The number of ether oxygens (including phenoxy) is 3. The van der Waals surface area contributed by atoms with E-state index in [1.54, 1.807) is 22.4 Å². The van der Waals surface area contributed by atoms with E-state index in [9.17, 15) is 14.7 Å². The average Bonchev–Trinajstić information content (AvgIpc) is 3.46. The van der Waals surface area contributed by atoms with Gasteiger partial charge < -0.3 is 24.2 Å². The van der Waals surface area contributed by atoms with Crippen LogP contribution in [0, 0.1) is 6.92 Å². The van der Waals surface area contributed by atoms with Crippen molar-refractivity contribution in [3.8, 4) is 11.5 Å². The number of nitrogens with zero attached hydrogens (tertiary/aromatic N) is 4. The maximum absolute atomic E-state index is 13.7. The summed E-state index contributed by atoms with van der Waals surface area (Å²) < 4.78 is 19.1. The number of pyridine rings is 1. The first-order valence-corrected chi connectivity index (χ1v) is 14.9. The number of aryl methyl sites for hydroxylation is 1. The van der Waals surface area contributed by atoms with E-state index in [-0.39, 0.29) is 11.3 Å². The quantitative estimate of drug-likeness (QED) is 0.147. The smallest absolute Gasteiger partial charge is 0.295 e. The third-order valence-corrected chi connectivity index (χ3v) is 7.78. The minimum atomic E-state index is -0.799. The first kappa shape index (κ1) is 29.6. The number of aliphatic hydroxyl groups excluding tert-OH is 1. The highest BCUT2D eigenvalue weighted by atomic mass is 16.5. The lowest BCUT2D eigenvalue weighted by Crippen LogP contribution is -2.39. The highest BCUT2D eigenvalue weighted by molar-refractivity contribution is 6.46. The molecule has 3 aromatic rings. The van der Waals surface area contributed by atoms with Gasteiger partial charge in [-0.15, -0.1) is 0 Å². The molecule has 0 saturated carbocycles. The number of Topliss-reactive ketones (excluding diaryl/α,β-unsaturated/α-hetero) is 1. The van der Waals surface area contributed by atoms with E-state index >= 15 is 0 Å². The number of carbonyl (C=O) groups excluding carboxylic acids is 2. The topological polar surface area (TPSA) is 106 Å². The Hall–Kier alpha value is -3.89. The normalized spacial score (nSPS) is 19.1. The second kappa shape index (κ2) is 13.4. The number of morpholine rings is 1. The summed E-state index contributed by atoms with van der Waals surface area (Å²) in [7, 11) is 0. The summed E-state index contributed by atoms with van der Waals surface area (Å²) in [5, 5.41) is 11.8. The van der Waals surface area contributed by atoms with Crippen LogP contribution >= 0.6 is 0 Å². The van der Waals surface area contributed by atoms with Gasteiger partial charge in [-0.1, -0.05) is 25.5 Å². The fourth-order valence-electron chi connectivity index (χ4n) is 5.68. The first-order chi connectivity index (χ1) is 20.4. The Balaban J connectivity index is 1.56. The van der Waals surface area contributed by atoms with E-state index in [1.807, 2.05) is 43.3 Å². The van der Waals surface area contributed by atoms with Crippen LogP contribution in [-0.2, 0) is 14.3 Å². The van der Waals surface area contributed by atoms with Crippen molar-refractivity contribution in [2.24, 2.45) is 0 Å². The van der Waals surface area contributed by atoms with Crippen LogP contribution < -0.4 is 9.47 Å². The van der Waals surface area contributed by atoms with Crippen molar-refractivity contribution < 1.29 is 28.9 Å². The number of amides is 1. The summed E-state index contributed by atoms with van der Waals surface area (Å²) in [6.07, 6.45) is 4.38. The van der Waals surface area contributed by atoms with Crippen LogP contribution in [0.2, 0.25) is 0 Å². The number of ketones is 1. The van der Waals surface area contributed by atoms with Gasteiger partial charge in [0.2, 0.25) is 0 Å². The van der Waals surface area contributed by atoms with Gasteiger partial charge in [0.15, 0.2) is 17.3 Å². The molecule has 2 fully saturated rings. The maximum atomic E-state index is 13.7. The van der Waals surface area contributed by atoms with Crippen LogP contribution in [-0.4, -0.2) is 88.6 Å². The molecular weight excluding hydrogens is 536 g/mol. The first-order valence-electron chi connectivity index (χ1n) is 14.9. The number of imidazole rings is 1. The molecule has 1 amide bonds. The molecule has 224 valence electrons. The number of hydrogen-bond acceptors (Lipinski definition) is 8. The molecule has 2 saturated heterocycles. The minimum absolute atomic E-state index is 0.0437. The van der Waals surface area contributed by atoms with E-state index < -0.39 is 17.7 Å². The average molecular weight is 577 g/mol. The monoisotopic (exact) mass is 576 g/mol. The number of rotatable bonds is 12. The maximum Gasteiger partial charge on any atom is 0.295 e. The van der Waals surface area contributed by atoms with Gasteiger partial charge >= 0.3 is 0 Å². The lowest BCUT2D eigenvalue weighted by atomic mass is 9.95. The largest absolute Gasteiger partial charge is 0.505 e. The van der Waals surface area contributed by atoms with E-state index in [2.05, 4.69) is 16.8 Å². The molecule has 10 heteroatoms. The third-order valence-electron chi connectivity index (χ3n) is 7.78. The SMILES string of the molecule is CCCCOc1ccc(C2C(=C(O)c3c(C)nc4ccccn34)C(=O)C(=O)N2CCCN2CCOCC2)cc1OCC. The van der Waals surface area contributed by atoms with Gasteiger partial charge in [-0.2, -0.15) is 0 Å². The summed E-state index contributed by atoms with van der Waals surface area (Å²) in [6.45, 7) is 11.0. The van der Waals surface area contributed by atoms with Crippen molar-refractivity contribution in [3.05, 3.63) is 65.1 Å². The van der Waals surface area contributed by atoms with Crippen molar-refractivity contribution in [1.82, 2.24) is 19.2 Å². The molecule has 5 rings (SSSR count). The molecule has 0 radical (unpaired) electrons. The van der Waals surface area contributed by atoms with Crippen LogP contribution in [0.1, 0.15) is 56.1 Å². The molecule has 1 N–H and O–H groups in total. The van der Waals surface area contributed by atoms with E-state index in [0.29, 0.717) is 73.5 Å². The number of benzene rings is 1. The predicted molar refractivity (Wildman–Crippen MR) is 159 cm³/mol. The van der Waals surface area contributed by atoms with Crippen molar-refractivity contribution in [3.63, 3.8) is 0 Å². The number of unbranched alkanes of at least 4 members (excludes halogenated alkanes) is 1. The van der Waals surface area contributed by atoms with E-state index in [0.717, 1.165) is 32.5 Å². The molecule has 1 aromatic carbocycles. The minimum Gasteiger partial charge on any atom is -0.505 e. The second-order valence-corrected chi connectivity index (χ2v) is 10.6. The van der Waals surface area contributed by atoms with Gasteiger partial charge in [-0.3, -0.25) is 18.9 Å². The number of aromatic nitrogens is 2. The highest BCUT2D eigenvalue weighted by Gasteiger charge is 2.46. The molecule has 0 bridgehead atoms. The zero-order chi connectivity index (χ0) is 29.6. The predicted octanol–water partition coefficient (Wildman–Crippen LogP) is 4.36. The third kappa shape index (κ3) is 6.00. The summed E-state index contributed by atoms with van der Waals surface area (Å²) in [5.41, 5.74) is 2.30. The van der Waals surface area contributed by atoms with E-state index in [4.69, 9.17) is 14.2 Å². The summed E-state index contributed by atoms with van der Waals surface area (Å²) in [4.78, 5) is 35.7. The number of carbonyl (C=O) groups is 2. The molecule has 2 aliphatic heterocycles. The van der Waals surface area contributed by atoms with Crippen molar-refractivity contribution in [2.45, 2.75) is 46.1 Å². The van der Waals surface area contributed by atoms with Crippen molar-refractivity contribution in [2.75, 3.05) is 52.6 Å². The fourth-order valence-corrected chi connectivity index (χ4v) is 5.68. The molecule has 4 heterocycles. The van der Waals surface area contributed by atoms with Crippen LogP contribution in [0.4, 0.5) is 0 Å². The number of fused-ring (bicyclic) bond motifs is 1. The second-order valence-electron chi connectivity index (χ2n) is 10.6. The molecule has 10 nitrogen and oxygen atoms in total. The van der Waals surface area contributed by atoms with Gasteiger partial charge in [-0.05, 0) is 56.5 Å². The van der Waals surface area contributed by atoms with E-state index in [1.165, 1.54) is 0 Å². The Morgan fingerprint density at radius 1 is 1.05 bits per heavy atom. The molecule has 1 unspecified atom stereocenters. The molecule has 2 aliphatic rings. The van der Waals surface area contributed by atoms with Crippen molar-refractivity contribution in [1.29, 1.82) is 0 Å². The van der Waals surface area contributed by atoms with Crippen LogP contribution in [0.5, 0.6) is 11.5 Å². The lowest BCUT2D eigenvalue weighted by molar-refractivity contribution is -0.140. The highest BCUT2D eigenvalue weighted by Crippen LogP contribution is 2.42. The zero-order valence-corrected chi connectivity index (χ0v) is 24.7. The number of hydrogen-bond donors (Lipinski definition) is 1. The Bertz CT molecular complexity index is 1460. The number of likely N-dealkylation sites (tertiary alicyclic amines) is 1. The molecule has 42 heavy (non-hydrogen) atoms. The fraction of sp³-hybridized carbons (Fsp3) is 0.469. The van der Waals surface area contributed by atoms with Gasteiger partial charge in [-0.25, -0.2) is 4.98 Å². The zero-order valence-electron chi connectivity index (χ0n) is 24.7. The van der Waals surface area contributed by atoms with Gasteiger partial charge in [0.05, 0.1) is 43.7 Å². The molecule has 2 aromatic heterocycles. The molecule has 0 spiro atoms. The summed E-state index contributed by atoms with van der Waals surface area (Å²) >= 11 is 0. The summed E-state index contributed by atoms with van der Waals surface area (Å²) in [5.74, 6) is -0.440. The van der Waals surface area contributed by atoms with Crippen LogP contribution in [0.15, 0.2) is 48.2 Å². The summed E-state index contributed by atoms with van der Waals surface area (Å²) in [6, 6.07) is 10.2. The van der Waals surface area contributed by atoms with Gasteiger partial charge in [0.25, 0.3) is 11.7 Å². The van der Waals surface area contributed by atoms with Crippen LogP contribution in [0.25, 0.3) is 11.4 Å². The van der Waals surface area contributed by atoms with Crippen molar-refractivity contribution >= 4 is 23.1 Å². The van der Waals surface area contributed by atoms with Crippen LogP contribution in [0.3, 0.4) is 0 Å². The number of aliphatic hydroxyl groups is 1. The Morgan fingerprint density at radius 2 is 1.86 bits per heavy atom. The molecule has 1 atom stereocenters. The van der Waals surface area contributed by atoms with Gasteiger partial charge in [0.1, 0.15) is 11.3 Å². The van der Waals surface area contributed by atoms with Gasteiger partial charge in [0, 0.05) is 32.4 Å². The Kier molecular flexibility index (Phi) is 9.44. The standard InChI is InChI=1S/C32H40N4O6/c1-4-6-18-42-24-12-11-23(21-25(24)41-5-2)29-27(30(37)28-22(3)33-26-10-7-8-14-35(26)28)31(38)32(39)36(29)15-9-13-34-16-19-40-20-17-34/h7-8,10-12,14,21,29,37H,4-6,9,13,15-20H2,1-3H3. The lowest BCUT2D eigenvalue weighted by Gasteiger charge is -2.29. The Labute approximate surface area is 246 Å². The molecule has 0 aliphatic carbocycles.